The topological polar surface area (TPSA) is 95.9 Å². The average Bonchev–Trinajstić information content (AvgIpc) is 3.37. The van der Waals surface area contributed by atoms with Crippen molar-refractivity contribution in [2.24, 2.45) is 5.92 Å². The lowest BCUT2D eigenvalue weighted by atomic mass is 9.98. The molecule has 1 saturated heterocycles. The number of benzene rings is 2. The third-order valence-corrected chi connectivity index (χ3v) is 6.62. The summed E-state index contributed by atoms with van der Waals surface area (Å²) in [5.74, 6) is -1.40. The van der Waals surface area contributed by atoms with Gasteiger partial charge in [0.25, 0.3) is 0 Å². The van der Waals surface area contributed by atoms with Gasteiger partial charge in [0.1, 0.15) is 12.6 Å². The molecule has 1 aliphatic carbocycles. The van der Waals surface area contributed by atoms with E-state index in [2.05, 4.69) is 29.6 Å². The van der Waals surface area contributed by atoms with Gasteiger partial charge < -0.3 is 20.1 Å². The lowest BCUT2D eigenvalue weighted by Gasteiger charge is -2.30. The van der Waals surface area contributed by atoms with E-state index in [0.717, 1.165) is 28.7 Å². The highest BCUT2D eigenvalue weighted by Crippen LogP contribution is 2.44. The summed E-state index contributed by atoms with van der Waals surface area (Å²) < 4.78 is 5.61. The SMILES string of the molecule is CC(C)[C@@H](NC(=O)OCC1c2ccccc2-c2ccccc21)C(=O)N1CCC[C@H]1CC(=O)O. The Labute approximate surface area is 193 Å². The van der Waals surface area contributed by atoms with E-state index in [0.29, 0.717) is 13.0 Å². The molecule has 2 aliphatic rings. The Morgan fingerprint density at radius 3 is 2.24 bits per heavy atom. The molecule has 2 N–H and O–H groups in total. The van der Waals surface area contributed by atoms with Crippen LogP contribution in [0.3, 0.4) is 0 Å². The monoisotopic (exact) mass is 450 g/mol. The summed E-state index contributed by atoms with van der Waals surface area (Å²) in [6.45, 7) is 4.39. The molecule has 0 unspecified atom stereocenters. The van der Waals surface area contributed by atoms with E-state index in [4.69, 9.17) is 9.84 Å². The highest BCUT2D eigenvalue weighted by Gasteiger charge is 2.37. The smallest absolute Gasteiger partial charge is 0.407 e. The summed E-state index contributed by atoms with van der Waals surface area (Å²) in [6.07, 6.45) is 0.701. The molecular weight excluding hydrogens is 420 g/mol. The number of fused-ring (bicyclic) bond motifs is 3. The number of carboxylic acid groups (broad SMARTS) is 1. The molecule has 0 radical (unpaired) electrons. The minimum atomic E-state index is -0.926. The van der Waals surface area contributed by atoms with Gasteiger partial charge in [0.2, 0.25) is 5.91 Å². The molecule has 2 amide bonds. The number of ether oxygens (including phenoxy) is 1. The molecule has 1 fully saturated rings. The van der Waals surface area contributed by atoms with Gasteiger partial charge in [0.15, 0.2) is 0 Å². The van der Waals surface area contributed by atoms with E-state index in [1.54, 1.807) is 4.90 Å². The maximum Gasteiger partial charge on any atom is 0.407 e. The second-order valence-electron chi connectivity index (χ2n) is 9.12. The fourth-order valence-electron chi connectivity index (χ4n) is 5.00. The number of likely N-dealkylation sites (tertiary alicyclic amines) is 1. The van der Waals surface area contributed by atoms with Crippen molar-refractivity contribution in [3.63, 3.8) is 0 Å². The van der Waals surface area contributed by atoms with Gasteiger partial charge in [0, 0.05) is 18.5 Å². The van der Waals surface area contributed by atoms with Gasteiger partial charge in [-0.2, -0.15) is 0 Å². The summed E-state index contributed by atoms with van der Waals surface area (Å²) in [7, 11) is 0. The van der Waals surface area contributed by atoms with E-state index >= 15 is 0 Å². The van der Waals surface area contributed by atoms with Gasteiger partial charge in [-0.3, -0.25) is 9.59 Å². The maximum atomic E-state index is 13.2. The number of carbonyl (C=O) groups excluding carboxylic acids is 2. The summed E-state index contributed by atoms with van der Waals surface area (Å²) >= 11 is 0. The molecule has 0 aromatic heterocycles. The third kappa shape index (κ3) is 4.72. The first-order chi connectivity index (χ1) is 15.9. The quantitative estimate of drug-likeness (QED) is 0.664. The summed E-state index contributed by atoms with van der Waals surface area (Å²) in [5, 5.41) is 11.9. The molecule has 0 spiro atoms. The molecule has 2 atom stereocenters. The molecular formula is C26H30N2O5. The molecule has 4 rings (SSSR count). The van der Waals surface area contributed by atoms with E-state index in [9.17, 15) is 14.4 Å². The summed E-state index contributed by atoms with van der Waals surface area (Å²) in [6, 6.07) is 15.1. The lowest BCUT2D eigenvalue weighted by molar-refractivity contribution is -0.140. The number of alkyl carbamates (subject to hydrolysis) is 1. The lowest BCUT2D eigenvalue weighted by Crippen LogP contribution is -2.52. The van der Waals surface area contributed by atoms with Crippen molar-refractivity contribution in [1.29, 1.82) is 0 Å². The fraction of sp³-hybridized carbons (Fsp3) is 0.423. The van der Waals surface area contributed by atoms with Gasteiger partial charge in [-0.25, -0.2) is 4.79 Å². The Balaban J connectivity index is 1.42. The van der Waals surface area contributed by atoms with Crippen LogP contribution in [0.25, 0.3) is 11.1 Å². The first-order valence-electron chi connectivity index (χ1n) is 11.5. The molecule has 174 valence electrons. The number of carbonyl (C=O) groups is 3. The zero-order chi connectivity index (χ0) is 23.5. The number of rotatable bonds is 7. The number of hydrogen-bond acceptors (Lipinski definition) is 4. The van der Waals surface area contributed by atoms with Crippen LogP contribution >= 0.6 is 0 Å². The molecule has 7 heteroatoms. The van der Waals surface area contributed by atoms with Crippen molar-refractivity contribution in [2.75, 3.05) is 13.2 Å². The Morgan fingerprint density at radius 2 is 1.67 bits per heavy atom. The number of hydrogen-bond donors (Lipinski definition) is 2. The van der Waals surface area contributed by atoms with Crippen LogP contribution in [-0.2, 0) is 14.3 Å². The van der Waals surface area contributed by atoms with Crippen LogP contribution in [0, 0.1) is 5.92 Å². The average molecular weight is 451 g/mol. The van der Waals surface area contributed by atoms with Crippen molar-refractivity contribution in [2.45, 2.75) is 51.1 Å². The van der Waals surface area contributed by atoms with Crippen molar-refractivity contribution < 1.29 is 24.2 Å². The molecule has 0 saturated carbocycles. The van der Waals surface area contributed by atoms with E-state index in [1.807, 2.05) is 38.1 Å². The Morgan fingerprint density at radius 1 is 1.06 bits per heavy atom. The van der Waals surface area contributed by atoms with Crippen LogP contribution in [-0.4, -0.2) is 53.2 Å². The summed E-state index contributed by atoms with van der Waals surface area (Å²) in [4.78, 5) is 38.6. The zero-order valence-electron chi connectivity index (χ0n) is 19.0. The van der Waals surface area contributed by atoms with Crippen molar-refractivity contribution in [3.05, 3.63) is 59.7 Å². The van der Waals surface area contributed by atoms with Crippen molar-refractivity contribution in [1.82, 2.24) is 10.2 Å². The van der Waals surface area contributed by atoms with Crippen LogP contribution in [0.4, 0.5) is 4.79 Å². The summed E-state index contributed by atoms with van der Waals surface area (Å²) in [5.41, 5.74) is 4.54. The minimum absolute atomic E-state index is 0.0603. The van der Waals surface area contributed by atoms with Gasteiger partial charge >= 0.3 is 12.1 Å². The molecule has 1 heterocycles. The van der Waals surface area contributed by atoms with Gasteiger partial charge in [0.05, 0.1) is 6.42 Å². The molecule has 0 bridgehead atoms. The van der Waals surface area contributed by atoms with E-state index in [1.165, 1.54) is 0 Å². The van der Waals surface area contributed by atoms with Crippen LogP contribution in [0.2, 0.25) is 0 Å². The Hall–Kier alpha value is -3.35. The second kappa shape index (κ2) is 9.65. The number of nitrogens with zero attached hydrogens (tertiary/aromatic N) is 1. The van der Waals surface area contributed by atoms with Crippen molar-refractivity contribution >= 4 is 18.0 Å². The van der Waals surface area contributed by atoms with E-state index < -0.39 is 18.1 Å². The van der Waals surface area contributed by atoms with Crippen LogP contribution in [0.1, 0.15) is 50.2 Å². The molecule has 1 aliphatic heterocycles. The standard InChI is InChI=1S/C26H30N2O5/c1-16(2)24(25(31)28-13-7-8-17(28)14-23(29)30)27-26(32)33-15-22-20-11-5-3-9-18(20)19-10-4-6-12-21(19)22/h3-6,9-12,16-17,22,24H,7-8,13-15H2,1-2H3,(H,27,32)(H,29,30)/t17-,24+/m0/s1. The molecule has 2 aromatic rings. The van der Waals surface area contributed by atoms with E-state index in [-0.39, 0.29) is 36.8 Å². The number of aliphatic carboxylic acids is 1. The maximum absolute atomic E-state index is 13.2. The van der Waals surface area contributed by atoms with Gasteiger partial charge in [-0.1, -0.05) is 62.4 Å². The van der Waals surface area contributed by atoms with Crippen LogP contribution in [0.5, 0.6) is 0 Å². The Kier molecular flexibility index (Phi) is 6.67. The zero-order valence-corrected chi connectivity index (χ0v) is 19.0. The first kappa shape index (κ1) is 22.8. The fourth-order valence-corrected chi connectivity index (χ4v) is 5.00. The Bertz CT molecular complexity index is 1000. The predicted molar refractivity (Wildman–Crippen MR) is 124 cm³/mol. The molecule has 33 heavy (non-hydrogen) atoms. The third-order valence-electron chi connectivity index (χ3n) is 6.62. The van der Waals surface area contributed by atoms with Gasteiger partial charge in [-0.05, 0) is 41.0 Å². The number of amides is 2. The highest BCUT2D eigenvalue weighted by molar-refractivity contribution is 5.87. The highest BCUT2D eigenvalue weighted by atomic mass is 16.5. The molecule has 2 aromatic carbocycles. The van der Waals surface area contributed by atoms with Crippen LogP contribution < -0.4 is 5.32 Å². The van der Waals surface area contributed by atoms with Gasteiger partial charge in [-0.15, -0.1) is 0 Å². The van der Waals surface area contributed by atoms with Crippen LogP contribution in [0.15, 0.2) is 48.5 Å². The molecule has 7 nitrogen and oxygen atoms in total. The number of nitrogens with one attached hydrogen (secondary N) is 1. The largest absolute Gasteiger partial charge is 0.481 e. The van der Waals surface area contributed by atoms with Crippen molar-refractivity contribution in [3.8, 4) is 11.1 Å². The number of carboxylic acids is 1. The first-order valence-corrected chi connectivity index (χ1v) is 11.5. The second-order valence-corrected chi connectivity index (χ2v) is 9.12. The minimum Gasteiger partial charge on any atom is -0.481 e. The normalized spacial score (nSPS) is 18.0. The predicted octanol–water partition coefficient (Wildman–Crippen LogP) is 4.02.